The molecular weight excluding hydrogens is 284 g/mol. The highest BCUT2D eigenvalue weighted by molar-refractivity contribution is 4.97. The fraction of sp³-hybridized carbons (Fsp3) is 0.882. The van der Waals surface area contributed by atoms with Crippen LogP contribution in [0.15, 0.2) is 0 Å². The fourth-order valence-corrected chi connectivity index (χ4v) is 1.81. The predicted octanol–water partition coefficient (Wildman–Crippen LogP) is 2.97. The zero-order valence-electron chi connectivity index (χ0n) is 14.6. The van der Waals surface area contributed by atoms with Gasteiger partial charge in [-0.05, 0) is 33.1 Å². The van der Waals surface area contributed by atoms with Gasteiger partial charge in [0.1, 0.15) is 6.61 Å². The average molecular weight is 316 g/mol. The largest absolute Gasteiger partial charge is 0.379 e. The third-order valence-corrected chi connectivity index (χ3v) is 2.79. The molecule has 1 rings (SSSR count). The molecule has 0 N–H and O–H groups in total. The molecule has 130 valence electrons. The second-order valence-electron chi connectivity index (χ2n) is 4.61. The molecule has 0 spiro atoms. The van der Waals surface area contributed by atoms with Crippen LogP contribution in [0, 0.1) is 11.8 Å². The Morgan fingerprint density at radius 3 is 2.32 bits per heavy atom. The van der Waals surface area contributed by atoms with Gasteiger partial charge in [-0.3, -0.25) is 0 Å². The molecular formula is C17H32O5. The highest BCUT2D eigenvalue weighted by Crippen LogP contribution is 2.12. The molecule has 1 aliphatic rings. The zero-order chi connectivity index (χ0) is 16.5. The normalized spacial score (nSPS) is 17.4. The summed E-state index contributed by atoms with van der Waals surface area (Å²) >= 11 is 0. The van der Waals surface area contributed by atoms with Gasteiger partial charge in [0.15, 0.2) is 12.6 Å². The van der Waals surface area contributed by atoms with E-state index >= 15 is 0 Å². The second-order valence-corrected chi connectivity index (χ2v) is 4.61. The third-order valence-electron chi connectivity index (χ3n) is 2.79. The molecule has 0 aromatic rings. The van der Waals surface area contributed by atoms with E-state index in [1.54, 1.807) is 7.11 Å². The summed E-state index contributed by atoms with van der Waals surface area (Å²) in [5.41, 5.74) is 0. The van der Waals surface area contributed by atoms with Crippen LogP contribution in [0.25, 0.3) is 0 Å². The molecule has 1 saturated heterocycles. The van der Waals surface area contributed by atoms with Gasteiger partial charge < -0.3 is 23.7 Å². The topological polar surface area (TPSA) is 46.2 Å². The molecule has 5 heteroatoms. The van der Waals surface area contributed by atoms with E-state index in [0.29, 0.717) is 26.4 Å². The first-order valence-electron chi connectivity index (χ1n) is 8.19. The van der Waals surface area contributed by atoms with Crippen LogP contribution < -0.4 is 0 Å². The smallest absolute Gasteiger partial charge is 0.180 e. The molecule has 1 unspecified atom stereocenters. The fourth-order valence-electron chi connectivity index (χ4n) is 1.81. The summed E-state index contributed by atoms with van der Waals surface area (Å²) in [4.78, 5) is 0. The van der Waals surface area contributed by atoms with Crippen LogP contribution in [0.1, 0.15) is 46.5 Å². The summed E-state index contributed by atoms with van der Waals surface area (Å²) in [5.74, 6) is 5.89. The molecule has 0 aromatic carbocycles. The van der Waals surface area contributed by atoms with Crippen LogP contribution in [0.4, 0.5) is 0 Å². The van der Waals surface area contributed by atoms with Gasteiger partial charge in [0, 0.05) is 33.4 Å². The molecule has 5 nitrogen and oxygen atoms in total. The van der Waals surface area contributed by atoms with E-state index in [4.69, 9.17) is 23.7 Å². The van der Waals surface area contributed by atoms with Crippen LogP contribution in [-0.2, 0) is 23.7 Å². The van der Waals surface area contributed by atoms with Crippen molar-refractivity contribution in [3.63, 3.8) is 0 Å². The Morgan fingerprint density at radius 1 is 1.09 bits per heavy atom. The summed E-state index contributed by atoms with van der Waals surface area (Å²) < 4.78 is 26.0. The van der Waals surface area contributed by atoms with E-state index < -0.39 is 0 Å². The van der Waals surface area contributed by atoms with Crippen LogP contribution >= 0.6 is 0 Å². The molecule has 0 amide bonds. The predicted molar refractivity (Wildman–Crippen MR) is 86.5 cm³/mol. The maximum atomic E-state index is 5.39. The standard InChI is InChI=1S/C10H16O2.C7H16O3/c1-2-3-5-8-11-10-7-4-6-9-12-10;1-4-9-7(6-8-3)10-5-2/h10H,2,4,6-9H2,1H3;7H,4-6H2,1-3H3. The van der Waals surface area contributed by atoms with Gasteiger partial charge in [-0.15, -0.1) is 5.92 Å². The molecule has 1 aliphatic heterocycles. The van der Waals surface area contributed by atoms with Crippen LogP contribution in [0.2, 0.25) is 0 Å². The van der Waals surface area contributed by atoms with E-state index in [9.17, 15) is 0 Å². The monoisotopic (exact) mass is 316 g/mol. The van der Waals surface area contributed by atoms with Gasteiger partial charge in [-0.2, -0.15) is 0 Å². The van der Waals surface area contributed by atoms with Crippen LogP contribution in [0.5, 0.6) is 0 Å². The molecule has 0 aromatic heterocycles. The number of rotatable bonds is 8. The van der Waals surface area contributed by atoms with Crippen LogP contribution in [-0.4, -0.2) is 52.7 Å². The second kappa shape index (κ2) is 16.7. The molecule has 1 heterocycles. The minimum Gasteiger partial charge on any atom is -0.379 e. The Morgan fingerprint density at radius 2 is 1.82 bits per heavy atom. The summed E-state index contributed by atoms with van der Waals surface area (Å²) in [5, 5.41) is 0. The Kier molecular flexibility index (Phi) is 16.2. The molecule has 0 bridgehead atoms. The van der Waals surface area contributed by atoms with Crippen LogP contribution in [0.3, 0.4) is 0 Å². The zero-order valence-corrected chi connectivity index (χ0v) is 14.6. The van der Waals surface area contributed by atoms with Gasteiger partial charge in [0.25, 0.3) is 0 Å². The SMILES string of the molecule is CCC#CCOC1CCCCO1.CCOC(COC)OCC. The van der Waals surface area contributed by atoms with Crippen molar-refractivity contribution in [2.45, 2.75) is 59.0 Å². The van der Waals surface area contributed by atoms with Crippen molar-refractivity contribution in [2.75, 3.05) is 40.1 Å². The van der Waals surface area contributed by atoms with Crippen molar-refractivity contribution in [2.24, 2.45) is 0 Å². The van der Waals surface area contributed by atoms with E-state index in [-0.39, 0.29) is 12.6 Å². The maximum absolute atomic E-state index is 5.39. The van der Waals surface area contributed by atoms with E-state index in [1.807, 2.05) is 20.8 Å². The van der Waals surface area contributed by atoms with E-state index in [1.165, 1.54) is 12.8 Å². The summed E-state index contributed by atoms with van der Waals surface area (Å²) in [7, 11) is 1.63. The lowest BCUT2D eigenvalue weighted by atomic mass is 10.2. The van der Waals surface area contributed by atoms with E-state index in [2.05, 4.69) is 11.8 Å². The lowest BCUT2D eigenvalue weighted by molar-refractivity contribution is -0.162. The summed E-state index contributed by atoms with van der Waals surface area (Å²) in [6, 6.07) is 0. The summed E-state index contributed by atoms with van der Waals surface area (Å²) in [6.45, 7) is 9.07. The van der Waals surface area contributed by atoms with Gasteiger partial charge in [-0.1, -0.05) is 12.8 Å². The quantitative estimate of drug-likeness (QED) is 0.509. The highest BCUT2D eigenvalue weighted by Gasteiger charge is 2.12. The maximum Gasteiger partial charge on any atom is 0.180 e. The van der Waals surface area contributed by atoms with Gasteiger partial charge in [0.2, 0.25) is 0 Å². The van der Waals surface area contributed by atoms with Crippen molar-refractivity contribution in [3.8, 4) is 11.8 Å². The van der Waals surface area contributed by atoms with Crippen molar-refractivity contribution in [3.05, 3.63) is 0 Å². The van der Waals surface area contributed by atoms with Gasteiger partial charge >= 0.3 is 0 Å². The van der Waals surface area contributed by atoms with Crippen molar-refractivity contribution in [1.82, 2.24) is 0 Å². The van der Waals surface area contributed by atoms with Gasteiger partial charge in [-0.25, -0.2) is 0 Å². The molecule has 0 aliphatic carbocycles. The summed E-state index contributed by atoms with van der Waals surface area (Å²) in [6.07, 6.45) is 4.11. The minimum absolute atomic E-state index is 0.00454. The average Bonchev–Trinajstić information content (AvgIpc) is 2.54. The van der Waals surface area contributed by atoms with Crippen molar-refractivity contribution in [1.29, 1.82) is 0 Å². The number of hydrogen-bond donors (Lipinski definition) is 0. The highest BCUT2D eigenvalue weighted by atomic mass is 16.7. The third kappa shape index (κ3) is 13.1. The number of hydrogen-bond acceptors (Lipinski definition) is 5. The molecule has 1 fully saturated rings. The Balaban J connectivity index is 0.000000409. The molecule has 0 radical (unpaired) electrons. The Hall–Kier alpha value is -0.640. The van der Waals surface area contributed by atoms with Gasteiger partial charge in [0.05, 0.1) is 6.61 Å². The van der Waals surface area contributed by atoms with Crippen molar-refractivity contribution < 1.29 is 23.7 Å². The molecule has 0 saturated carbocycles. The lowest BCUT2D eigenvalue weighted by Gasteiger charge is -2.21. The Bertz CT molecular complexity index is 264. The van der Waals surface area contributed by atoms with Crippen molar-refractivity contribution >= 4 is 0 Å². The first-order valence-corrected chi connectivity index (χ1v) is 8.19. The lowest BCUT2D eigenvalue weighted by Crippen LogP contribution is -2.22. The molecule has 1 atom stereocenters. The number of methoxy groups -OCH3 is 1. The van der Waals surface area contributed by atoms with E-state index in [0.717, 1.165) is 19.4 Å². The first-order chi connectivity index (χ1) is 10.8. The number of ether oxygens (including phenoxy) is 5. The Labute approximate surface area is 135 Å². The minimum atomic E-state index is -0.194. The first kappa shape index (κ1) is 21.4. The molecule has 22 heavy (non-hydrogen) atoms.